The molecule has 2 aromatic rings. The van der Waals surface area contributed by atoms with E-state index in [0.29, 0.717) is 46.7 Å². The van der Waals surface area contributed by atoms with Gasteiger partial charge in [0.15, 0.2) is 16.6 Å². The lowest BCUT2D eigenvalue weighted by molar-refractivity contribution is -0.125. The number of halogens is 1. The fraction of sp³-hybridized carbons (Fsp3) is 0.273. The molecule has 4 rings (SSSR count). The standard InChI is InChI=1S/C22H22FN3O3S/c1-13-19(21(27)25(2)3)20(14-5-4-6-15(23)11-14)24-22(30)26(13)16-7-8-17-18(12-16)29-10-9-28-17/h4-8,11-12,20H,9-10H2,1-3H3,(H,24,30)/t20-/m1/s1. The topological polar surface area (TPSA) is 54.0 Å². The van der Waals surface area contributed by atoms with Crippen LogP contribution in [0.4, 0.5) is 10.1 Å². The second-order valence-corrected chi connectivity index (χ2v) is 7.69. The first kappa shape index (κ1) is 20.2. The van der Waals surface area contributed by atoms with Gasteiger partial charge in [-0.05, 0) is 49.0 Å². The molecule has 1 N–H and O–H groups in total. The molecule has 1 amide bonds. The van der Waals surface area contributed by atoms with E-state index in [4.69, 9.17) is 21.7 Å². The van der Waals surface area contributed by atoms with E-state index < -0.39 is 6.04 Å². The van der Waals surface area contributed by atoms with Crippen molar-refractivity contribution >= 4 is 28.9 Å². The second kappa shape index (κ2) is 7.95. The van der Waals surface area contributed by atoms with Gasteiger partial charge < -0.3 is 19.7 Å². The van der Waals surface area contributed by atoms with Crippen molar-refractivity contribution in [2.45, 2.75) is 13.0 Å². The Bertz CT molecular complexity index is 1050. The van der Waals surface area contributed by atoms with E-state index >= 15 is 0 Å². The molecule has 2 aromatic carbocycles. The third-order valence-corrected chi connectivity index (χ3v) is 5.39. The van der Waals surface area contributed by atoms with Crippen molar-refractivity contribution in [2.24, 2.45) is 0 Å². The van der Waals surface area contributed by atoms with Gasteiger partial charge in [-0.2, -0.15) is 0 Å². The predicted octanol–water partition coefficient (Wildman–Crippen LogP) is 3.39. The number of carbonyl (C=O) groups excluding carboxylic acids is 1. The molecule has 0 saturated carbocycles. The molecule has 0 unspecified atom stereocenters. The van der Waals surface area contributed by atoms with Gasteiger partial charge in [0.2, 0.25) is 0 Å². The van der Waals surface area contributed by atoms with E-state index in [-0.39, 0.29) is 11.7 Å². The minimum atomic E-state index is -0.559. The summed E-state index contributed by atoms with van der Waals surface area (Å²) < 4.78 is 25.2. The van der Waals surface area contributed by atoms with E-state index in [0.717, 1.165) is 5.69 Å². The number of ether oxygens (including phenoxy) is 2. The number of hydrogen-bond donors (Lipinski definition) is 1. The molecule has 6 nitrogen and oxygen atoms in total. The van der Waals surface area contributed by atoms with Crippen LogP contribution in [0.5, 0.6) is 11.5 Å². The fourth-order valence-corrected chi connectivity index (χ4v) is 4.04. The van der Waals surface area contributed by atoms with Crippen molar-refractivity contribution in [1.82, 2.24) is 10.2 Å². The molecule has 1 atom stereocenters. The van der Waals surface area contributed by atoms with Crippen LogP contribution in [-0.2, 0) is 4.79 Å². The van der Waals surface area contributed by atoms with Crippen LogP contribution in [0.25, 0.3) is 0 Å². The van der Waals surface area contributed by atoms with Crippen LogP contribution in [0.3, 0.4) is 0 Å². The zero-order valence-electron chi connectivity index (χ0n) is 16.9. The first-order chi connectivity index (χ1) is 14.4. The molecule has 2 aliphatic rings. The summed E-state index contributed by atoms with van der Waals surface area (Å²) in [7, 11) is 3.37. The first-order valence-corrected chi connectivity index (χ1v) is 9.96. The van der Waals surface area contributed by atoms with E-state index in [1.54, 1.807) is 31.1 Å². The van der Waals surface area contributed by atoms with Gasteiger partial charge in [0.05, 0.1) is 17.3 Å². The van der Waals surface area contributed by atoms with Crippen molar-refractivity contribution in [3.8, 4) is 11.5 Å². The zero-order valence-corrected chi connectivity index (χ0v) is 17.8. The summed E-state index contributed by atoms with van der Waals surface area (Å²) in [6.07, 6.45) is 0. The van der Waals surface area contributed by atoms with Gasteiger partial charge in [0.1, 0.15) is 19.0 Å². The summed E-state index contributed by atoms with van der Waals surface area (Å²) in [5.41, 5.74) is 2.54. The van der Waals surface area contributed by atoms with E-state index in [2.05, 4.69) is 5.32 Å². The Balaban J connectivity index is 1.83. The van der Waals surface area contributed by atoms with Gasteiger partial charge in [-0.3, -0.25) is 9.69 Å². The van der Waals surface area contributed by atoms with Crippen molar-refractivity contribution in [2.75, 3.05) is 32.2 Å². The number of hydrogen-bond acceptors (Lipinski definition) is 4. The molecular weight excluding hydrogens is 405 g/mol. The van der Waals surface area contributed by atoms with Crippen LogP contribution < -0.4 is 19.7 Å². The number of thiocarbonyl (C=S) groups is 1. The minimum Gasteiger partial charge on any atom is -0.486 e. The Morgan fingerprint density at radius 2 is 1.90 bits per heavy atom. The number of anilines is 1. The molecule has 2 heterocycles. The molecule has 30 heavy (non-hydrogen) atoms. The number of carbonyl (C=O) groups is 1. The highest BCUT2D eigenvalue weighted by molar-refractivity contribution is 7.80. The minimum absolute atomic E-state index is 0.181. The Morgan fingerprint density at radius 3 is 2.60 bits per heavy atom. The maximum Gasteiger partial charge on any atom is 0.253 e. The number of fused-ring (bicyclic) bond motifs is 1. The van der Waals surface area contributed by atoms with Crippen molar-refractivity contribution < 1.29 is 18.7 Å². The Hall–Kier alpha value is -3.13. The zero-order chi connectivity index (χ0) is 21.4. The lowest BCUT2D eigenvalue weighted by atomic mass is 9.93. The van der Waals surface area contributed by atoms with Crippen LogP contribution in [0.1, 0.15) is 18.5 Å². The number of nitrogens with zero attached hydrogens (tertiary/aromatic N) is 2. The van der Waals surface area contributed by atoms with Crippen LogP contribution in [0.2, 0.25) is 0 Å². The fourth-order valence-electron chi connectivity index (χ4n) is 3.68. The third-order valence-electron chi connectivity index (χ3n) is 5.09. The number of rotatable bonds is 3. The van der Waals surface area contributed by atoms with Gasteiger partial charge >= 0.3 is 0 Å². The first-order valence-electron chi connectivity index (χ1n) is 9.55. The Morgan fingerprint density at radius 1 is 1.17 bits per heavy atom. The normalized spacial score (nSPS) is 18.2. The molecule has 0 aliphatic carbocycles. The largest absolute Gasteiger partial charge is 0.486 e. The van der Waals surface area contributed by atoms with Crippen molar-refractivity contribution in [3.63, 3.8) is 0 Å². The van der Waals surface area contributed by atoms with E-state index in [9.17, 15) is 9.18 Å². The van der Waals surface area contributed by atoms with Gasteiger partial charge in [0, 0.05) is 25.9 Å². The number of likely N-dealkylation sites (N-methyl/N-ethyl adjacent to an activating group) is 1. The number of benzene rings is 2. The van der Waals surface area contributed by atoms with Crippen LogP contribution in [0.15, 0.2) is 53.7 Å². The SMILES string of the molecule is CC1=C(C(=O)N(C)C)[C@@H](c2cccc(F)c2)NC(=S)N1c1ccc2c(c1)OCCO2. The Labute approximate surface area is 179 Å². The highest BCUT2D eigenvalue weighted by Gasteiger charge is 2.35. The summed E-state index contributed by atoms with van der Waals surface area (Å²) in [6.45, 7) is 2.82. The van der Waals surface area contributed by atoms with Gasteiger partial charge in [-0.1, -0.05) is 12.1 Å². The molecule has 8 heteroatoms. The summed E-state index contributed by atoms with van der Waals surface area (Å²) in [5, 5.41) is 3.63. The highest BCUT2D eigenvalue weighted by atomic mass is 32.1. The molecule has 2 aliphatic heterocycles. The molecule has 0 fully saturated rings. The lowest BCUT2D eigenvalue weighted by Gasteiger charge is -2.38. The molecule has 0 spiro atoms. The maximum atomic E-state index is 13.9. The van der Waals surface area contributed by atoms with Gasteiger partial charge in [-0.25, -0.2) is 4.39 Å². The summed E-state index contributed by atoms with van der Waals surface area (Å²) in [4.78, 5) is 16.4. The second-order valence-electron chi connectivity index (χ2n) is 7.30. The average Bonchev–Trinajstić information content (AvgIpc) is 2.72. The summed E-state index contributed by atoms with van der Waals surface area (Å²) in [6, 6.07) is 11.2. The maximum absolute atomic E-state index is 13.9. The van der Waals surface area contributed by atoms with E-state index in [1.807, 2.05) is 25.1 Å². The van der Waals surface area contributed by atoms with Crippen molar-refractivity contribution in [3.05, 3.63) is 65.1 Å². The summed E-state index contributed by atoms with van der Waals surface area (Å²) >= 11 is 5.65. The third kappa shape index (κ3) is 3.59. The molecule has 0 saturated heterocycles. The monoisotopic (exact) mass is 427 g/mol. The molecule has 0 aromatic heterocycles. The predicted molar refractivity (Wildman–Crippen MR) is 116 cm³/mol. The Kier molecular flexibility index (Phi) is 5.34. The van der Waals surface area contributed by atoms with Crippen LogP contribution in [0, 0.1) is 5.82 Å². The van der Waals surface area contributed by atoms with E-state index in [1.165, 1.54) is 17.0 Å². The number of allylic oxidation sites excluding steroid dienone is 1. The lowest BCUT2D eigenvalue weighted by Crippen LogP contribution is -2.49. The molecule has 156 valence electrons. The van der Waals surface area contributed by atoms with Crippen molar-refractivity contribution in [1.29, 1.82) is 0 Å². The van der Waals surface area contributed by atoms with Gasteiger partial charge in [-0.15, -0.1) is 0 Å². The van der Waals surface area contributed by atoms with Crippen LogP contribution in [-0.4, -0.2) is 43.2 Å². The highest BCUT2D eigenvalue weighted by Crippen LogP contribution is 2.38. The molecule has 0 radical (unpaired) electrons. The smallest absolute Gasteiger partial charge is 0.253 e. The van der Waals surface area contributed by atoms with Crippen LogP contribution >= 0.6 is 12.2 Å². The molecule has 0 bridgehead atoms. The molecular formula is C22H22FN3O3S. The van der Waals surface area contributed by atoms with Gasteiger partial charge in [0.25, 0.3) is 5.91 Å². The number of amides is 1. The average molecular weight is 428 g/mol. The quantitative estimate of drug-likeness (QED) is 0.758. The summed E-state index contributed by atoms with van der Waals surface area (Å²) in [5.74, 6) is 0.745. The number of nitrogens with one attached hydrogen (secondary N) is 1.